The molecule has 1 aliphatic heterocycles. The minimum Gasteiger partial charge on any atom is -0.465 e. The van der Waals surface area contributed by atoms with Crippen LogP contribution in [0.3, 0.4) is 0 Å². The number of hydrogen-bond donors (Lipinski definition) is 1. The van der Waals surface area contributed by atoms with E-state index in [4.69, 9.17) is 4.74 Å². The molecule has 0 bridgehead atoms. The molecule has 2 fully saturated rings. The maximum atomic E-state index is 11.8. The lowest BCUT2D eigenvalue weighted by atomic mass is 10.0. The molecule has 0 aromatic heterocycles. The summed E-state index contributed by atoms with van der Waals surface area (Å²) in [6.45, 7) is 0.351. The molecule has 1 heterocycles. The van der Waals surface area contributed by atoms with Crippen LogP contribution in [0.15, 0.2) is 0 Å². The number of rotatable bonds is 7. The lowest BCUT2D eigenvalue weighted by Gasteiger charge is -2.12. The Labute approximate surface area is 111 Å². The fourth-order valence-electron chi connectivity index (χ4n) is 2.95. The molecule has 2 rings (SSSR count). The Bertz CT molecular complexity index is 324. The fourth-order valence-corrected chi connectivity index (χ4v) is 2.95. The van der Waals surface area contributed by atoms with Crippen LogP contribution in [0.25, 0.3) is 0 Å². The molecule has 0 amide bonds. The first-order valence-electron chi connectivity index (χ1n) is 6.87. The molecule has 1 N–H and O–H groups in total. The molecule has 0 spiro atoms. The maximum Gasteiger partial charge on any atom is 0.323 e. The minimum atomic E-state index is -0.812. The maximum absolute atomic E-state index is 11.8. The van der Waals surface area contributed by atoms with Gasteiger partial charge in [0.2, 0.25) is 0 Å². The average Bonchev–Trinajstić information content (AvgIpc) is 2.93. The Hall–Kier alpha value is -1.37. The van der Waals surface area contributed by atoms with Crippen LogP contribution in [0, 0.1) is 16.0 Å². The molecule has 7 nitrogen and oxygen atoms in total. The number of esters is 1. The second-order valence-electron chi connectivity index (χ2n) is 5.18. The van der Waals surface area contributed by atoms with Crippen LogP contribution in [-0.2, 0) is 14.4 Å². The highest BCUT2D eigenvalue weighted by molar-refractivity contribution is 5.76. The summed E-state index contributed by atoms with van der Waals surface area (Å²) in [6, 6.07) is 0.330. The lowest BCUT2D eigenvalue weighted by molar-refractivity contribution is -0.757. The van der Waals surface area contributed by atoms with Crippen LogP contribution >= 0.6 is 0 Å². The number of carbonyl (C=O) groups excluding carboxylic acids is 1. The molecule has 108 valence electrons. The van der Waals surface area contributed by atoms with E-state index in [0.29, 0.717) is 31.4 Å². The third-order valence-corrected chi connectivity index (χ3v) is 3.88. The molecule has 0 aromatic rings. The van der Waals surface area contributed by atoms with Gasteiger partial charge in [0.1, 0.15) is 6.04 Å². The summed E-state index contributed by atoms with van der Waals surface area (Å²) in [5.41, 5.74) is 0. The Morgan fingerprint density at radius 2 is 2.11 bits per heavy atom. The predicted molar refractivity (Wildman–Crippen MR) is 65.8 cm³/mol. The van der Waals surface area contributed by atoms with Crippen molar-refractivity contribution in [3.63, 3.8) is 0 Å². The summed E-state index contributed by atoms with van der Waals surface area (Å²) in [6.07, 6.45) is 5.59. The molecule has 1 saturated heterocycles. The van der Waals surface area contributed by atoms with Gasteiger partial charge >= 0.3 is 5.97 Å². The minimum absolute atomic E-state index is 0.0520. The topological polar surface area (TPSA) is 90.7 Å². The number of nitrogens with zero attached hydrogens (tertiary/aromatic N) is 1. The summed E-state index contributed by atoms with van der Waals surface area (Å²) in [5.74, 6) is 0.440. The van der Waals surface area contributed by atoms with Gasteiger partial charge in [0, 0.05) is 6.04 Å². The molecule has 0 aromatic carbocycles. The first-order chi connectivity index (χ1) is 9.16. The summed E-state index contributed by atoms with van der Waals surface area (Å²) in [5, 5.41) is 12.4. The van der Waals surface area contributed by atoms with E-state index in [-0.39, 0.29) is 18.6 Å². The van der Waals surface area contributed by atoms with Crippen LogP contribution in [0.5, 0.6) is 0 Å². The number of hydrogen-bond acceptors (Lipinski definition) is 6. The first-order valence-corrected chi connectivity index (χ1v) is 6.87. The van der Waals surface area contributed by atoms with Crippen LogP contribution in [-0.4, -0.2) is 36.4 Å². The van der Waals surface area contributed by atoms with Crippen LogP contribution in [0.2, 0.25) is 0 Å². The monoisotopic (exact) mass is 272 g/mol. The van der Waals surface area contributed by atoms with E-state index < -0.39 is 5.09 Å². The summed E-state index contributed by atoms with van der Waals surface area (Å²) in [4.78, 5) is 25.9. The predicted octanol–water partition coefficient (Wildman–Crippen LogP) is 1.05. The van der Waals surface area contributed by atoms with Crippen LogP contribution < -0.4 is 5.32 Å². The van der Waals surface area contributed by atoms with Crippen molar-refractivity contribution in [3.05, 3.63) is 10.1 Å². The second kappa shape index (κ2) is 6.70. The number of carbonyl (C=O) groups is 1. The largest absolute Gasteiger partial charge is 0.465 e. The summed E-state index contributed by atoms with van der Waals surface area (Å²) in [7, 11) is 0. The van der Waals surface area contributed by atoms with Gasteiger partial charge in [0.05, 0.1) is 13.2 Å². The van der Waals surface area contributed by atoms with Gasteiger partial charge in [-0.15, -0.1) is 10.1 Å². The smallest absolute Gasteiger partial charge is 0.323 e. The summed E-state index contributed by atoms with van der Waals surface area (Å²) < 4.78 is 5.17. The zero-order valence-corrected chi connectivity index (χ0v) is 10.9. The van der Waals surface area contributed by atoms with Crippen molar-refractivity contribution in [2.75, 3.05) is 13.2 Å². The lowest BCUT2D eigenvalue weighted by Crippen LogP contribution is -2.36. The average molecular weight is 272 g/mol. The number of nitrogens with one attached hydrogen (secondary N) is 1. The Kier molecular flexibility index (Phi) is 4.95. The van der Waals surface area contributed by atoms with Gasteiger partial charge < -0.3 is 14.9 Å². The second-order valence-corrected chi connectivity index (χ2v) is 5.18. The van der Waals surface area contributed by atoms with E-state index in [1.54, 1.807) is 0 Å². The van der Waals surface area contributed by atoms with Crippen molar-refractivity contribution in [1.82, 2.24) is 5.32 Å². The zero-order valence-electron chi connectivity index (χ0n) is 10.9. The van der Waals surface area contributed by atoms with E-state index >= 15 is 0 Å². The van der Waals surface area contributed by atoms with E-state index in [1.807, 2.05) is 0 Å². The van der Waals surface area contributed by atoms with Gasteiger partial charge in [-0.2, -0.15) is 0 Å². The van der Waals surface area contributed by atoms with Gasteiger partial charge in [-0.25, -0.2) is 0 Å². The van der Waals surface area contributed by atoms with Crippen molar-refractivity contribution >= 4 is 5.97 Å². The van der Waals surface area contributed by atoms with Crippen molar-refractivity contribution in [2.24, 2.45) is 5.92 Å². The van der Waals surface area contributed by atoms with Gasteiger partial charge in [0.25, 0.3) is 5.09 Å². The van der Waals surface area contributed by atoms with E-state index in [2.05, 4.69) is 10.2 Å². The number of fused-ring (bicyclic) bond motifs is 1. The Morgan fingerprint density at radius 1 is 1.32 bits per heavy atom. The van der Waals surface area contributed by atoms with Crippen molar-refractivity contribution in [2.45, 2.75) is 50.6 Å². The Balaban J connectivity index is 1.54. The Morgan fingerprint density at radius 3 is 2.84 bits per heavy atom. The SMILES string of the molecule is O=C(OCCCCO[N+](=O)[O-])[C@@H]1C[C@@H]2CCC[C@@H]2N1. The molecule has 7 heteroatoms. The molecule has 1 aliphatic carbocycles. The molecule has 19 heavy (non-hydrogen) atoms. The van der Waals surface area contributed by atoms with Gasteiger partial charge in [0.15, 0.2) is 0 Å². The highest BCUT2D eigenvalue weighted by Gasteiger charge is 2.40. The quantitative estimate of drug-likeness (QED) is 0.322. The van der Waals surface area contributed by atoms with E-state index in [9.17, 15) is 14.9 Å². The number of ether oxygens (including phenoxy) is 1. The first kappa shape index (κ1) is 14.0. The van der Waals surface area contributed by atoms with E-state index in [1.165, 1.54) is 12.8 Å². The standard InChI is InChI=1S/C12H20N2O5/c15-12(18-6-1-2-7-19-14(16)17)11-8-9-4-3-5-10(9)13-11/h9-11,13H,1-8H2/t9-,10-,11-/m0/s1. The van der Waals surface area contributed by atoms with Gasteiger partial charge in [-0.3, -0.25) is 4.79 Å². The zero-order chi connectivity index (χ0) is 13.7. The molecular weight excluding hydrogens is 252 g/mol. The fraction of sp³-hybridized carbons (Fsp3) is 0.917. The highest BCUT2D eigenvalue weighted by atomic mass is 16.9. The van der Waals surface area contributed by atoms with E-state index in [0.717, 1.165) is 12.8 Å². The van der Waals surface area contributed by atoms with Crippen molar-refractivity contribution in [3.8, 4) is 0 Å². The molecule has 0 unspecified atom stereocenters. The third-order valence-electron chi connectivity index (χ3n) is 3.88. The normalized spacial score (nSPS) is 28.9. The number of unbranched alkanes of at least 4 members (excludes halogenated alkanes) is 1. The van der Waals surface area contributed by atoms with Gasteiger partial charge in [-0.05, 0) is 38.0 Å². The van der Waals surface area contributed by atoms with Crippen LogP contribution in [0.4, 0.5) is 0 Å². The van der Waals surface area contributed by atoms with Crippen molar-refractivity contribution in [1.29, 1.82) is 0 Å². The molecular formula is C12H20N2O5. The van der Waals surface area contributed by atoms with Crippen LogP contribution in [0.1, 0.15) is 38.5 Å². The summed E-state index contributed by atoms with van der Waals surface area (Å²) >= 11 is 0. The molecule has 3 atom stereocenters. The molecule has 1 saturated carbocycles. The molecule has 2 aliphatic rings. The van der Waals surface area contributed by atoms with Crippen molar-refractivity contribution < 1.29 is 19.5 Å². The third kappa shape index (κ3) is 4.05. The highest BCUT2D eigenvalue weighted by Crippen LogP contribution is 2.34. The van der Waals surface area contributed by atoms with Gasteiger partial charge in [-0.1, -0.05) is 6.42 Å². The molecule has 0 radical (unpaired) electrons.